The molecule has 21 heavy (non-hydrogen) atoms. The smallest absolute Gasteiger partial charge is 0.265 e. The number of aromatic nitrogens is 3. The van der Waals surface area contributed by atoms with Crippen LogP contribution < -0.4 is 5.73 Å². The van der Waals surface area contributed by atoms with Crippen LogP contribution in [0.1, 0.15) is 32.1 Å². The van der Waals surface area contributed by atoms with Gasteiger partial charge in [-0.2, -0.15) is 0 Å². The number of hydrogen-bond acceptors (Lipinski definition) is 5. The molecular formula is C14H19N5OS. The van der Waals surface area contributed by atoms with E-state index < -0.39 is 0 Å². The van der Waals surface area contributed by atoms with Crippen molar-refractivity contribution in [3.63, 3.8) is 0 Å². The first-order valence-corrected chi connectivity index (χ1v) is 7.75. The highest BCUT2D eigenvalue weighted by Gasteiger charge is 2.37. The Morgan fingerprint density at radius 3 is 2.76 bits per heavy atom. The zero-order chi connectivity index (χ0) is 15.1. The van der Waals surface area contributed by atoms with E-state index in [0.717, 1.165) is 21.4 Å². The third-order valence-corrected chi connectivity index (χ3v) is 5.00. The largest absolute Gasteiger partial charge is 0.338 e. The highest BCUT2D eigenvalue weighted by atomic mass is 32.1. The number of likely N-dealkylation sites (tertiary alicyclic amines) is 1. The van der Waals surface area contributed by atoms with Crippen LogP contribution in [0, 0.1) is 13.8 Å². The Hall–Kier alpha value is -1.73. The molecule has 0 radical (unpaired) electrons. The van der Waals surface area contributed by atoms with Crippen molar-refractivity contribution in [2.45, 2.75) is 25.8 Å². The molecule has 1 amide bonds. The van der Waals surface area contributed by atoms with Crippen LogP contribution in [0.15, 0.2) is 12.4 Å². The second-order valence-corrected chi connectivity index (χ2v) is 6.73. The topological polar surface area (TPSA) is 77.0 Å². The predicted octanol–water partition coefficient (Wildman–Crippen LogP) is 1.06. The summed E-state index contributed by atoms with van der Waals surface area (Å²) in [6.45, 7) is 4.97. The summed E-state index contributed by atoms with van der Waals surface area (Å²) in [4.78, 5) is 23.9. The lowest BCUT2D eigenvalue weighted by molar-refractivity contribution is 0.0792. The maximum atomic E-state index is 12.6. The molecule has 0 spiro atoms. The number of hydrogen-bond donors (Lipinski definition) is 1. The van der Waals surface area contributed by atoms with Gasteiger partial charge >= 0.3 is 0 Å². The molecule has 1 aliphatic rings. The summed E-state index contributed by atoms with van der Waals surface area (Å²) in [6, 6.07) is -0.0793. The number of imidazole rings is 1. The van der Waals surface area contributed by atoms with Crippen molar-refractivity contribution in [3.8, 4) is 0 Å². The van der Waals surface area contributed by atoms with Crippen molar-refractivity contribution in [1.82, 2.24) is 19.4 Å². The highest BCUT2D eigenvalue weighted by Crippen LogP contribution is 2.28. The maximum absolute atomic E-state index is 12.6. The van der Waals surface area contributed by atoms with Gasteiger partial charge in [0.2, 0.25) is 0 Å². The van der Waals surface area contributed by atoms with Gasteiger partial charge in [0.1, 0.15) is 10.7 Å². The first kappa shape index (κ1) is 14.2. The number of carbonyl (C=O) groups is 1. The molecule has 6 nitrogen and oxygen atoms in total. The Balaban J connectivity index is 1.81. The van der Waals surface area contributed by atoms with Gasteiger partial charge in [0.15, 0.2) is 0 Å². The van der Waals surface area contributed by atoms with E-state index in [1.165, 1.54) is 11.3 Å². The molecule has 2 atom stereocenters. The Labute approximate surface area is 127 Å². The van der Waals surface area contributed by atoms with E-state index in [9.17, 15) is 4.79 Å². The molecule has 2 aromatic rings. The van der Waals surface area contributed by atoms with Crippen molar-refractivity contribution in [2.24, 2.45) is 12.8 Å². The van der Waals surface area contributed by atoms with Gasteiger partial charge in [-0.15, -0.1) is 11.3 Å². The summed E-state index contributed by atoms with van der Waals surface area (Å²) in [5.41, 5.74) is 7.03. The number of amides is 1. The minimum Gasteiger partial charge on any atom is -0.338 e. The van der Waals surface area contributed by atoms with E-state index >= 15 is 0 Å². The van der Waals surface area contributed by atoms with Crippen LogP contribution in [-0.2, 0) is 7.05 Å². The third-order valence-electron chi connectivity index (χ3n) is 3.94. The average Bonchev–Trinajstić information content (AvgIpc) is 3.08. The lowest BCUT2D eigenvalue weighted by atomic mass is 10.0. The predicted molar refractivity (Wildman–Crippen MR) is 81.4 cm³/mol. The number of aryl methyl sites for hydroxylation is 3. The molecule has 0 unspecified atom stereocenters. The van der Waals surface area contributed by atoms with Crippen LogP contribution in [0.5, 0.6) is 0 Å². The molecule has 1 aliphatic heterocycles. The third kappa shape index (κ3) is 2.47. The molecule has 1 saturated heterocycles. The van der Waals surface area contributed by atoms with E-state index in [-0.39, 0.29) is 17.9 Å². The van der Waals surface area contributed by atoms with Gasteiger partial charge in [-0.1, -0.05) is 0 Å². The van der Waals surface area contributed by atoms with E-state index in [0.29, 0.717) is 13.1 Å². The molecule has 7 heteroatoms. The Bertz CT molecular complexity index is 677. The lowest BCUT2D eigenvalue weighted by Crippen LogP contribution is -2.32. The number of rotatable bonds is 2. The monoisotopic (exact) mass is 305 g/mol. The zero-order valence-electron chi connectivity index (χ0n) is 12.4. The second kappa shape index (κ2) is 5.23. The summed E-state index contributed by atoms with van der Waals surface area (Å²) in [5.74, 6) is 1.06. The molecule has 0 aromatic carbocycles. The molecule has 3 rings (SSSR count). The second-order valence-electron chi connectivity index (χ2n) is 5.52. The fourth-order valence-electron chi connectivity index (χ4n) is 2.88. The summed E-state index contributed by atoms with van der Waals surface area (Å²) in [7, 11) is 1.95. The number of nitrogens with two attached hydrogens (primary N) is 1. The van der Waals surface area contributed by atoms with Gasteiger partial charge < -0.3 is 15.2 Å². The van der Waals surface area contributed by atoms with Crippen molar-refractivity contribution < 1.29 is 4.79 Å². The van der Waals surface area contributed by atoms with Gasteiger partial charge in [-0.25, -0.2) is 9.97 Å². The van der Waals surface area contributed by atoms with E-state index in [1.54, 1.807) is 6.20 Å². The summed E-state index contributed by atoms with van der Waals surface area (Å²) < 4.78 is 1.97. The van der Waals surface area contributed by atoms with Gasteiger partial charge in [0.05, 0.1) is 16.6 Å². The fourth-order valence-corrected chi connectivity index (χ4v) is 3.76. The minimum atomic E-state index is -0.0793. The lowest BCUT2D eigenvalue weighted by Gasteiger charge is -2.15. The van der Waals surface area contributed by atoms with Gasteiger partial charge in [-0.05, 0) is 13.8 Å². The molecule has 2 N–H and O–H groups in total. The average molecular weight is 305 g/mol. The fraction of sp³-hybridized carbons (Fsp3) is 0.500. The van der Waals surface area contributed by atoms with Crippen molar-refractivity contribution >= 4 is 17.2 Å². The first-order valence-electron chi connectivity index (χ1n) is 6.93. The van der Waals surface area contributed by atoms with Crippen LogP contribution in [0.3, 0.4) is 0 Å². The summed E-state index contributed by atoms with van der Waals surface area (Å²) in [6.07, 6.45) is 3.67. The van der Waals surface area contributed by atoms with Crippen LogP contribution in [-0.4, -0.2) is 44.5 Å². The maximum Gasteiger partial charge on any atom is 0.265 e. The van der Waals surface area contributed by atoms with E-state index in [2.05, 4.69) is 9.97 Å². The minimum absolute atomic E-state index is 0.0326. The Morgan fingerprint density at radius 1 is 1.43 bits per heavy atom. The van der Waals surface area contributed by atoms with Gasteiger partial charge in [0.25, 0.3) is 5.91 Å². The van der Waals surface area contributed by atoms with Crippen LogP contribution in [0.25, 0.3) is 0 Å². The number of nitrogens with zero attached hydrogens (tertiary/aromatic N) is 4. The number of carbonyl (C=O) groups excluding carboxylic acids is 1. The van der Waals surface area contributed by atoms with Crippen molar-refractivity contribution in [1.29, 1.82) is 0 Å². The molecule has 1 fully saturated rings. The standard InChI is InChI=1S/C14H19N5OS/c1-8-12(21-9(2)17-8)14(20)19-6-10(11(15)7-19)13-16-4-5-18(13)3/h4-5,10-11H,6-7,15H2,1-3H3/t10-,11-/m1/s1. The van der Waals surface area contributed by atoms with Crippen LogP contribution in [0.4, 0.5) is 0 Å². The summed E-state index contributed by atoms with van der Waals surface area (Å²) in [5, 5.41) is 0.917. The van der Waals surface area contributed by atoms with Gasteiger partial charge in [0, 0.05) is 38.6 Å². The Morgan fingerprint density at radius 2 is 2.19 bits per heavy atom. The molecule has 112 valence electrons. The van der Waals surface area contributed by atoms with Crippen molar-refractivity contribution in [2.75, 3.05) is 13.1 Å². The molecule has 0 bridgehead atoms. The highest BCUT2D eigenvalue weighted by molar-refractivity contribution is 7.13. The molecule has 0 aliphatic carbocycles. The van der Waals surface area contributed by atoms with Crippen molar-refractivity contribution in [3.05, 3.63) is 33.8 Å². The Kier molecular flexibility index (Phi) is 3.54. The molecule has 3 heterocycles. The van der Waals surface area contributed by atoms with E-state index in [1.807, 2.05) is 36.6 Å². The van der Waals surface area contributed by atoms with Crippen LogP contribution >= 0.6 is 11.3 Å². The van der Waals surface area contributed by atoms with Crippen LogP contribution in [0.2, 0.25) is 0 Å². The molecular weight excluding hydrogens is 286 g/mol. The van der Waals surface area contributed by atoms with E-state index in [4.69, 9.17) is 5.73 Å². The zero-order valence-corrected chi connectivity index (χ0v) is 13.2. The normalized spacial score (nSPS) is 22.0. The quantitative estimate of drug-likeness (QED) is 0.900. The number of thiazole rings is 1. The molecule has 0 saturated carbocycles. The summed E-state index contributed by atoms with van der Waals surface area (Å²) >= 11 is 1.45. The first-order chi connectivity index (χ1) is 9.97. The SMILES string of the molecule is Cc1nc(C)c(C(=O)N2C[C@@H](N)[C@H](c3nccn3C)C2)s1. The molecule has 2 aromatic heterocycles. The van der Waals surface area contributed by atoms with Gasteiger partial charge in [-0.3, -0.25) is 4.79 Å².